The van der Waals surface area contributed by atoms with E-state index < -0.39 is 0 Å². The largest absolute Gasteiger partial charge is 0.371 e. The Kier molecular flexibility index (Phi) is 6.22. The van der Waals surface area contributed by atoms with Crippen LogP contribution in [0.3, 0.4) is 0 Å². The maximum Gasteiger partial charge on any atom is 0.153 e. The molecule has 0 atom stereocenters. The molecule has 0 saturated heterocycles. The molecule has 0 bridgehead atoms. The lowest BCUT2D eigenvalue weighted by Gasteiger charge is -2.20. The van der Waals surface area contributed by atoms with E-state index in [-0.39, 0.29) is 0 Å². The van der Waals surface area contributed by atoms with E-state index in [0.717, 1.165) is 24.3 Å². The van der Waals surface area contributed by atoms with Gasteiger partial charge in [0.05, 0.1) is 41.4 Å². The highest BCUT2D eigenvalue weighted by Crippen LogP contribution is 2.17. The Morgan fingerprint density at radius 1 is 1.04 bits per heavy atom. The van der Waals surface area contributed by atoms with E-state index in [1.165, 1.54) is 0 Å². The maximum atomic E-state index is 9.38. The Bertz CT molecular complexity index is 807. The summed E-state index contributed by atoms with van der Waals surface area (Å²) in [5.74, 6) is 0.477. The maximum absolute atomic E-state index is 9.38. The Labute approximate surface area is 148 Å². The average Bonchev–Trinajstić information content (AvgIpc) is 2.64. The van der Waals surface area contributed by atoms with Crippen molar-refractivity contribution in [3.8, 4) is 12.1 Å². The van der Waals surface area contributed by atoms with Gasteiger partial charge in [-0.05, 0) is 31.8 Å². The molecule has 1 aromatic heterocycles. The summed E-state index contributed by atoms with van der Waals surface area (Å²) < 4.78 is 0. The number of allylic oxidation sites excluding steroid dienone is 1. The Hall–Kier alpha value is -3.22. The highest BCUT2D eigenvalue weighted by Gasteiger charge is 2.05. The van der Waals surface area contributed by atoms with Crippen LogP contribution >= 0.6 is 0 Å². The van der Waals surface area contributed by atoms with Crippen LogP contribution in [0.4, 0.5) is 5.69 Å². The van der Waals surface area contributed by atoms with Crippen LogP contribution in [-0.4, -0.2) is 49.1 Å². The summed E-state index contributed by atoms with van der Waals surface area (Å²) >= 11 is 0. The summed E-state index contributed by atoms with van der Waals surface area (Å²) in [5.41, 5.74) is 2.67. The predicted octanol–water partition coefficient (Wildman–Crippen LogP) is 2.41. The van der Waals surface area contributed by atoms with Gasteiger partial charge < -0.3 is 9.80 Å². The fourth-order valence-corrected chi connectivity index (χ4v) is 2.12. The van der Waals surface area contributed by atoms with Crippen molar-refractivity contribution < 1.29 is 0 Å². The molecule has 1 aromatic carbocycles. The fraction of sp³-hybridized carbons (Fsp3) is 0.263. The van der Waals surface area contributed by atoms with Crippen LogP contribution < -0.4 is 4.90 Å². The van der Waals surface area contributed by atoms with Gasteiger partial charge in [-0.25, -0.2) is 9.97 Å². The standard InChI is InChI=1S/C19H20N6/c1-24(2)8-9-25(3)18-13-22-19(23-14-18)10-17(12-21)16-6-4-15(11-20)5-7-16/h4-7,10,13-14H,8-9H2,1-3H3/b17-10+. The van der Waals surface area contributed by atoms with E-state index in [0.29, 0.717) is 17.0 Å². The van der Waals surface area contributed by atoms with Crippen molar-refractivity contribution in [3.63, 3.8) is 0 Å². The zero-order chi connectivity index (χ0) is 18.2. The van der Waals surface area contributed by atoms with E-state index >= 15 is 0 Å². The molecule has 0 unspecified atom stereocenters. The van der Waals surface area contributed by atoms with Crippen molar-refractivity contribution in [2.45, 2.75) is 0 Å². The van der Waals surface area contributed by atoms with Crippen LogP contribution in [0.5, 0.6) is 0 Å². The molecule has 1 heterocycles. The third kappa shape index (κ3) is 5.13. The minimum absolute atomic E-state index is 0.457. The lowest BCUT2D eigenvalue weighted by atomic mass is 10.0. The van der Waals surface area contributed by atoms with Crippen molar-refractivity contribution in [3.05, 3.63) is 53.6 Å². The quantitative estimate of drug-likeness (QED) is 0.756. The minimum Gasteiger partial charge on any atom is -0.371 e. The molecule has 2 rings (SSSR count). The van der Waals surface area contributed by atoms with Crippen LogP contribution in [0.15, 0.2) is 36.7 Å². The van der Waals surface area contributed by atoms with E-state index in [1.54, 1.807) is 42.7 Å². The molecule has 126 valence electrons. The number of nitrogens with zero attached hydrogens (tertiary/aromatic N) is 6. The summed E-state index contributed by atoms with van der Waals surface area (Å²) in [6.07, 6.45) is 5.15. The first-order valence-electron chi connectivity index (χ1n) is 7.83. The van der Waals surface area contributed by atoms with Crippen molar-refractivity contribution in [2.24, 2.45) is 0 Å². The number of likely N-dealkylation sites (N-methyl/N-ethyl adjacent to an activating group) is 2. The Morgan fingerprint density at radius 3 is 2.20 bits per heavy atom. The molecule has 0 aliphatic rings. The first-order valence-corrected chi connectivity index (χ1v) is 7.83. The topological polar surface area (TPSA) is 79.8 Å². The summed E-state index contributed by atoms with van der Waals surface area (Å²) in [6.45, 7) is 1.82. The second kappa shape index (κ2) is 8.58. The van der Waals surface area contributed by atoms with Gasteiger partial charge in [-0.1, -0.05) is 12.1 Å². The van der Waals surface area contributed by atoms with Gasteiger partial charge in [0.15, 0.2) is 5.82 Å². The van der Waals surface area contributed by atoms with E-state index in [9.17, 15) is 5.26 Å². The summed E-state index contributed by atoms with van der Waals surface area (Å²) in [6, 6.07) is 11.1. The van der Waals surface area contributed by atoms with Crippen LogP contribution in [0.2, 0.25) is 0 Å². The summed E-state index contributed by atoms with van der Waals surface area (Å²) in [7, 11) is 6.06. The zero-order valence-corrected chi connectivity index (χ0v) is 14.6. The van der Waals surface area contributed by atoms with Crippen LogP contribution in [0.1, 0.15) is 17.0 Å². The molecule has 0 fully saturated rings. The molecule has 2 aromatic rings. The molecule has 0 amide bonds. The highest BCUT2D eigenvalue weighted by molar-refractivity contribution is 5.88. The molecule has 0 spiro atoms. The molecular formula is C19H20N6. The van der Waals surface area contributed by atoms with Crippen molar-refractivity contribution in [1.29, 1.82) is 10.5 Å². The second-order valence-electron chi connectivity index (χ2n) is 5.88. The number of anilines is 1. The van der Waals surface area contributed by atoms with Gasteiger partial charge in [0.2, 0.25) is 0 Å². The zero-order valence-electron chi connectivity index (χ0n) is 14.6. The highest BCUT2D eigenvalue weighted by atomic mass is 15.2. The number of hydrogen-bond donors (Lipinski definition) is 0. The van der Waals surface area contributed by atoms with E-state index in [4.69, 9.17) is 5.26 Å². The SMILES string of the molecule is CN(C)CCN(C)c1cnc(/C=C(\C#N)c2ccc(C#N)cc2)nc1. The molecule has 0 aliphatic heterocycles. The molecular weight excluding hydrogens is 312 g/mol. The van der Waals surface area contributed by atoms with Crippen LogP contribution in [0, 0.1) is 22.7 Å². The molecule has 0 N–H and O–H groups in total. The second-order valence-corrected chi connectivity index (χ2v) is 5.88. The Morgan fingerprint density at radius 2 is 1.68 bits per heavy atom. The third-order valence-electron chi connectivity index (χ3n) is 3.70. The van der Waals surface area contributed by atoms with Gasteiger partial charge in [-0.3, -0.25) is 0 Å². The van der Waals surface area contributed by atoms with Crippen molar-refractivity contribution in [2.75, 3.05) is 39.1 Å². The molecule has 6 nitrogen and oxygen atoms in total. The normalized spacial score (nSPS) is 11.0. The van der Waals surface area contributed by atoms with Gasteiger partial charge in [-0.2, -0.15) is 10.5 Å². The average molecular weight is 332 g/mol. The van der Waals surface area contributed by atoms with Gasteiger partial charge in [0.1, 0.15) is 0 Å². The van der Waals surface area contributed by atoms with Crippen LogP contribution in [0.25, 0.3) is 11.6 Å². The number of aromatic nitrogens is 2. The van der Waals surface area contributed by atoms with Gasteiger partial charge in [0, 0.05) is 26.2 Å². The molecule has 0 radical (unpaired) electrons. The minimum atomic E-state index is 0.457. The molecule has 0 aliphatic carbocycles. The Balaban J connectivity index is 2.16. The fourth-order valence-electron chi connectivity index (χ4n) is 2.12. The van der Waals surface area contributed by atoms with E-state index in [2.05, 4.69) is 31.9 Å². The molecule has 25 heavy (non-hydrogen) atoms. The number of benzene rings is 1. The summed E-state index contributed by atoms with van der Waals surface area (Å²) in [5, 5.41) is 18.2. The summed E-state index contributed by atoms with van der Waals surface area (Å²) in [4.78, 5) is 12.9. The third-order valence-corrected chi connectivity index (χ3v) is 3.70. The monoisotopic (exact) mass is 332 g/mol. The van der Waals surface area contributed by atoms with Gasteiger partial charge >= 0.3 is 0 Å². The lowest BCUT2D eigenvalue weighted by Crippen LogP contribution is -2.28. The smallest absolute Gasteiger partial charge is 0.153 e. The predicted molar refractivity (Wildman–Crippen MR) is 98.5 cm³/mol. The van der Waals surface area contributed by atoms with Crippen LogP contribution in [-0.2, 0) is 0 Å². The first-order chi connectivity index (χ1) is 12.0. The number of nitriles is 2. The van der Waals surface area contributed by atoms with Crippen molar-refractivity contribution >= 4 is 17.3 Å². The van der Waals surface area contributed by atoms with Crippen molar-refractivity contribution in [1.82, 2.24) is 14.9 Å². The number of hydrogen-bond acceptors (Lipinski definition) is 6. The first kappa shape index (κ1) is 18.1. The molecule has 6 heteroatoms. The molecule has 0 saturated carbocycles. The van der Waals surface area contributed by atoms with Gasteiger partial charge in [-0.15, -0.1) is 0 Å². The lowest BCUT2D eigenvalue weighted by molar-refractivity contribution is 0.416. The number of rotatable bonds is 6. The van der Waals surface area contributed by atoms with E-state index in [1.807, 2.05) is 21.1 Å². The van der Waals surface area contributed by atoms with Gasteiger partial charge in [0.25, 0.3) is 0 Å².